The van der Waals surface area contributed by atoms with Crippen LogP contribution in [0.1, 0.15) is 37.5 Å². The van der Waals surface area contributed by atoms with Crippen LogP contribution in [0.3, 0.4) is 0 Å². The van der Waals surface area contributed by atoms with Crippen molar-refractivity contribution >= 4 is 32.3 Å². The molecule has 0 aliphatic carbocycles. The fraction of sp³-hybridized carbons (Fsp3) is 0.241. The van der Waals surface area contributed by atoms with Gasteiger partial charge in [-0.25, -0.2) is 9.55 Å². The zero-order valence-electron chi connectivity index (χ0n) is 19.7. The summed E-state index contributed by atoms with van der Waals surface area (Å²) in [5.74, 6) is 0. The van der Waals surface area contributed by atoms with Gasteiger partial charge in [-0.1, -0.05) is 57.2 Å². The molecule has 2 heterocycles. The third-order valence-electron chi connectivity index (χ3n) is 6.40. The topological polar surface area (TPSA) is 16.8 Å². The highest BCUT2D eigenvalue weighted by Gasteiger charge is 2.24. The lowest BCUT2D eigenvalue weighted by molar-refractivity contribution is -0.660. The minimum atomic E-state index is 0.0567. The van der Waals surface area contributed by atoms with Crippen molar-refractivity contribution in [1.29, 1.82) is 0 Å². The standard InChI is InChI=1S/C29H29N2S/c1-18-17-31(6)26(16-22(18)28-30-25-13-9-10-14-27(25)32-28)23-15-24(29(3,4)5)21-12-8-7-11-20(21)19(23)2/h7-17H,1-6H3/q+1. The zero-order valence-corrected chi connectivity index (χ0v) is 20.5. The summed E-state index contributed by atoms with van der Waals surface area (Å²) in [6, 6.07) is 21.9. The van der Waals surface area contributed by atoms with E-state index in [9.17, 15) is 0 Å². The molecule has 3 heteroatoms. The molecule has 3 aromatic carbocycles. The van der Waals surface area contributed by atoms with Gasteiger partial charge in [0.25, 0.3) is 0 Å². The number of aromatic nitrogens is 2. The van der Waals surface area contributed by atoms with Crippen LogP contribution in [0.5, 0.6) is 0 Å². The van der Waals surface area contributed by atoms with Gasteiger partial charge in [-0.2, -0.15) is 0 Å². The number of thiazole rings is 1. The first-order chi connectivity index (χ1) is 15.2. The Balaban J connectivity index is 1.79. The molecule has 0 aliphatic rings. The number of aryl methyl sites for hydroxylation is 3. The van der Waals surface area contributed by atoms with Crippen LogP contribution < -0.4 is 4.57 Å². The van der Waals surface area contributed by atoms with Gasteiger partial charge in [0.15, 0.2) is 6.20 Å². The number of para-hydroxylation sites is 1. The van der Waals surface area contributed by atoms with E-state index in [4.69, 9.17) is 4.98 Å². The number of fused-ring (bicyclic) bond motifs is 2. The number of hydrogen-bond donors (Lipinski definition) is 0. The van der Waals surface area contributed by atoms with Crippen molar-refractivity contribution in [2.24, 2.45) is 7.05 Å². The van der Waals surface area contributed by atoms with Crippen molar-refractivity contribution in [3.05, 3.63) is 83.6 Å². The Morgan fingerprint density at radius 2 is 1.53 bits per heavy atom. The maximum atomic E-state index is 4.95. The van der Waals surface area contributed by atoms with Crippen molar-refractivity contribution in [3.8, 4) is 21.8 Å². The molecular weight excluding hydrogens is 408 g/mol. The minimum Gasteiger partial charge on any atom is -0.236 e. The molecule has 5 aromatic rings. The molecule has 0 saturated heterocycles. The number of hydrogen-bond acceptors (Lipinski definition) is 2. The van der Waals surface area contributed by atoms with Gasteiger partial charge in [-0.05, 0) is 59.4 Å². The quantitative estimate of drug-likeness (QED) is 0.261. The normalized spacial score (nSPS) is 12.1. The molecule has 32 heavy (non-hydrogen) atoms. The lowest BCUT2D eigenvalue weighted by Crippen LogP contribution is -2.31. The van der Waals surface area contributed by atoms with Gasteiger partial charge in [0, 0.05) is 22.8 Å². The van der Waals surface area contributed by atoms with Crippen molar-refractivity contribution in [2.45, 2.75) is 40.0 Å². The Morgan fingerprint density at radius 3 is 2.25 bits per heavy atom. The molecule has 2 aromatic heterocycles. The van der Waals surface area contributed by atoms with Crippen LogP contribution in [0.25, 0.3) is 42.8 Å². The smallest absolute Gasteiger partial charge is 0.213 e. The van der Waals surface area contributed by atoms with Crippen molar-refractivity contribution in [1.82, 2.24) is 4.98 Å². The Labute approximate surface area is 194 Å². The van der Waals surface area contributed by atoms with E-state index in [1.807, 2.05) is 0 Å². The summed E-state index contributed by atoms with van der Waals surface area (Å²) in [6.45, 7) is 11.3. The summed E-state index contributed by atoms with van der Waals surface area (Å²) in [5.41, 5.74) is 8.80. The molecule has 0 unspecified atom stereocenters. The number of nitrogens with zero attached hydrogens (tertiary/aromatic N) is 2. The monoisotopic (exact) mass is 437 g/mol. The van der Waals surface area contributed by atoms with Crippen molar-refractivity contribution in [3.63, 3.8) is 0 Å². The van der Waals surface area contributed by atoms with E-state index >= 15 is 0 Å². The second-order valence-electron chi connectivity index (χ2n) is 9.75. The van der Waals surface area contributed by atoms with E-state index < -0.39 is 0 Å². The maximum Gasteiger partial charge on any atom is 0.213 e. The molecular formula is C29H29N2S+. The maximum absolute atomic E-state index is 4.95. The van der Waals surface area contributed by atoms with E-state index in [-0.39, 0.29) is 5.41 Å². The molecule has 0 atom stereocenters. The molecule has 0 bridgehead atoms. The van der Waals surface area contributed by atoms with Gasteiger partial charge in [0.1, 0.15) is 12.1 Å². The molecule has 0 saturated carbocycles. The Morgan fingerprint density at radius 1 is 0.844 bits per heavy atom. The molecule has 5 rings (SSSR count). The average Bonchev–Trinajstić information content (AvgIpc) is 3.18. The van der Waals surface area contributed by atoms with Gasteiger partial charge in [-0.3, -0.25) is 0 Å². The third kappa shape index (κ3) is 3.41. The first-order valence-corrected chi connectivity index (χ1v) is 11.9. The van der Waals surface area contributed by atoms with Gasteiger partial charge < -0.3 is 0 Å². The fourth-order valence-electron chi connectivity index (χ4n) is 4.67. The lowest BCUT2D eigenvalue weighted by Gasteiger charge is -2.24. The van der Waals surface area contributed by atoms with Crippen molar-refractivity contribution in [2.75, 3.05) is 0 Å². The highest BCUT2D eigenvalue weighted by molar-refractivity contribution is 7.21. The van der Waals surface area contributed by atoms with E-state index in [1.54, 1.807) is 11.3 Å². The Kier molecular flexibility index (Phi) is 4.90. The van der Waals surface area contributed by atoms with Crippen LogP contribution in [0.2, 0.25) is 0 Å². The SMILES string of the molecule is Cc1c[n+](C)c(-c2cc(C(C)(C)C)c3ccccc3c2C)cc1-c1nc2ccccc2s1. The molecule has 160 valence electrons. The summed E-state index contributed by atoms with van der Waals surface area (Å²) in [7, 11) is 2.15. The molecule has 0 fully saturated rings. The first kappa shape index (κ1) is 20.8. The lowest BCUT2D eigenvalue weighted by atomic mass is 9.80. The Hall–Kier alpha value is -3.04. The molecule has 0 spiro atoms. The molecule has 0 N–H and O–H groups in total. The predicted molar refractivity (Wildman–Crippen MR) is 137 cm³/mol. The fourth-order valence-corrected chi connectivity index (χ4v) is 5.72. The number of benzene rings is 3. The summed E-state index contributed by atoms with van der Waals surface area (Å²) in [4.78, 5) is 4.95. The van der Waals surface area contributed by atoms with Gasteiger partial charge in [0.2, 0.25) is 5.69 Å². The largest absolute Gasteiger partial charge is 0.236 e. The van der Waals surface area contributed by atoms with Crippen LogP contribution in [0.4, 0.5) is 0 Å². The number of pyridine rings is 1. The van der Waals surface area contributed by atoms with Crippen LogP contribution >= 0.6 is 11.3 Å². The minimum absolute atomic E-state index is 0.0567. The Bertz CT molecular complexity index is 1450. The highest BCUT2D eigenvalue weighted by Crippen LogP contribution is 2.39. The summed E-state index contributed by atoms with van der Waals surface area (Å²) >= 11 is 1.77. The first-order valence-electron chi connectivity index (χ1n) is 11.1. The summed E-state index contributed by atoms with van der Waals surface area (Å²) in [6.07, 6.45) is 2.24. The molecule has 0 amide bonds. The van der Waals surface area contributed by atoms with Gasteiger partial charge in [0.05, 0.1) is 10.2 Å². The zero-order chi connectivity index (χ0) is 22.6. The second-order valence-corrected chi connectivity index (χ2v) is 10.8. The van der Waals surface area contributed by atoms with Gasteiger partial charge >= 0.3 is 0 Å². The van der Waals surface area contributed by atoms with Gasteiger partial charge in [-0.15, -0.1) is 11.3 Å². The predicted octanol–water partition coefficient (Wildman–Crippen LogP) is 7.52. The van der Waals surface area contributed by atoms with Crippen LogP contribution in [-0.2, 0) is 12.5 Å². The second kappa shape index (κ2) is 7.53. The van der Waals surface area contributed by atoms with Crippen LogP contribution in [-0.4, -0.2) is 4.98 Å². The van der Waals surface area contributed by atoms with Crippen molar-refractivity contribution < 1.29 is 4.57 Å². The summed E-state index contributed by atoms with van der Waals surface area (Å²) in [5, 5.41) is 3.76. The van der Waals surface area contributed by atoms with E-state index in [0.717, 1.165) is 10.5 Å². The van der Waals surface area contributed by atoms with Crippen LogP contribution in [0.15, 0.2) is 66.9 Å². The number of rotatable bonds is 2. The van der Waals surface area contributed by atoms with E-state index in [1.165, 1.54) is 49.0 Å². The summed E-state index contributed by atoms with van der Waals surface area (Å²) < 4.78 is 3.49. The van der Waals surface area contributed by atoms with Crippen LogP contribution in [0, 0.1) is 13.8 Å². The average molecular weight is 438 g/mol. The third-order valence-corrected chi connectivity index (χ3v) is 7.47. The molecule has 0 aliphatic heterocycles. The molecule has 0 radical (unpaired) electrons. The van der Waals surface area contributed by atoms with E-state index in [0.29, 0.717) is 0 Å². The molecule has 2 nitrogen and oxygen atoms in total. The van der Waals surface area contributed by atoms with E-state index in [2.05, 4.69) is 113 Å². The highest BCUT2D eigenvalue weighted by atomic mass is 32.1.